The van der Waals surface area contributed by atoms with Crippen molar-refractivity contribution in [2.45, 2.75) is 11.4 Å². The molecule has 2 aliphatic heterocycles. The van der Waals surface area contributed by atoms with E-state index < -0.39 is 11.4 Å². The summed E-state index contributed by atoms with van der Waals surface area (Å²) in [7, 11) is 0.123. The van der Waals surface area contributed by atoms with Crippen molar-refractivity contribution >= 4 is 14.1 Å². The first-order valence-corrected chi connectivity index (χ1v) is 8.23. The van der Waals surface area contributed by atoms with Gasteiger partial charge < -0.3 is 19.5 Å². The summed E-state index contributed by atoms with van der Waals surface area (Å²) in [5.74, 6) is -0.442. The molecule has 2 aromatic carbocycles. The van der Waals surface area contributed by atoms with Gasteiger partial charge in [0.2, 0.25) is 5.79 Å². The Hall–Kier alpha value is -2.13. The van der Waals surface area contributed by atoms with Crippen molar-refractivity contribution in [3.05, 3.63) is 72.0 Å². The van der Waals surface area contributed by atoms with E-state index in [0.29, 0.717) is 0 Å². The Morgan fingerprint density at radius 1 is 1.00 bits per heavy atom. The zero-order valence-corrected chi connectivity index (χ0v) is 13.0. The molecule has 0 spiro atoms. The van der Waals surface area contributed by atoms with Gasteiger partial charge in [0.15, 0.2) is 5.60 Å². The molecule has 5 heteroatoms. The summed E-state index contributed by atoms with van der Waals surface area (Å²) in [5, 5.41) is 21.4. The largest absolute Gasteiger partial charge is 0.508 e. The molecule has 2 aromatic rings. The van der Waals surface area contributed by atoms with Crippen molar-refractivity contribution in [2.75, 3.05) is 0 Å². The number of ether oxygens (including phenoxy) is 1. The summed E-state index contributed by atoms with van der Waals surface area (Å²) in [6, 6.07) is 13.8. The van der Waals surface area contributed by atoms with Crippen LogP contribution < -0.4 is 9.83 Å². The van der Waals surface area contributed by atoms with E-state index in [1.165, 1.54) is 12.2 Å². The van der Waals surface area contributed by atoms with Crippen LogP contribution in [0.5, 0.6) is 5.75 Å². The van der Waals surface area contributed by atoms with E-state index in [4.69, 9.17) is 9.26 Å². The lowest BCUT2D eigenvalue weighted by Crippen LogP contribution is -2.28. The second-order valence-corrected chi connectivity index (χ2v) is 6.77. The summed E-state index contributed by atoms with van der Waals surface area (Å²) in [6.45, 7) is 0. The predicted octanol–water partition coefficient (Wildman–Crippen LogP) is 2.89. The first kappa shape index (κ1) is 13.3. The molecule has 0 amide bonds. The van der Waals surface area contributed by atoms with Gasteiger partial charge in [-0.2, -0.15) is 0 Å². The van der Waals surface area contributed by atoms with Crippen LogP contribution in [0.3, 0.4) is 0 Å². The van der Waals surface area contributed by atoms with E-state index in [1.807, 2.05) is 42.5 Å². The van der Waals surface area contributed by atoms with Gasteiger partial charge >= 0.3 is 0 Å². The van der Waals surface area contributed by atoms with Crippen LogP contribution in [0, 0.1) is 0 Å². The third kappa shape index (κ3) is 1.66. The van der Waals surface area contributed by atoms with Crippen molar-refractivity contribution in [3.8, 4) is 16.9 Å². The molecule has 1 fully saturated rings. The molecule has 2 heterocycles. The highest BCUT2D eigenvalue weighted by Crippen LogP contribution is 2.59. The Kier molecular flexibility index (Phi) is 2.45. The summed E-state index contributed by atoms with van der Waals surface area (Å²) < 4.78 is 11.5. The molecule has 3 atom stereocenters. The van der Waals surface area contributed by atoms with Crippen LogP contribution in [0.1, 0.15) is 5.56 Å². The first-order valence-electron chi connectivity index (χ1n) is 7.32. The lowest BCUT2D eigenvalue weighted by Gasteiger charge is -2.25. The molecule has 114 valence electrons. The topological polar surface area (TPSA) is 62.2 Å². The Morgan fingerprint density at radius 3 is 2.74 bits per heavy atom. The van der Waals surface area contributed by atoms with E-state index in [2.05, 4.69) is 0 Å². The van der Waals surface area contributed by atoms with Gasteiger partial charge in [-0.15, -0.1) is 0 Å². The van der Waals surface area contributed by atoms with E-state index in [0.717, 1.165) is 27.7 Å². The highest BCUT2D eigenvalue weighted by Gasteiger charge is 2.70. The molecular formula is C18H13O4P. The number of hydrogen-bond acceptors (Lipinski definition) is 4. The molecule has 5 rings (SSSR count). The average Bonchev–Trinajstić information content (AvgIpc) is 3.20. The Morgan fingerprint density at radius 2 is 1.83 bits per heavy atom. The monoisotopic (exact) mass is 324 g/mol. The number of fused-ring (bicyclic) bond motifs is 4. The standard InChI is InChI=1S/C18H13O4P/c19-11-8-9-18(20)17(10-11,22-18)14-6-3-5-13-12-4-1-2-7-15(12)21-23-16(13)14/h1-10,19-20,23H. The van der Waals surface area contributed by atoms with Gasteiger partial charge in [0, 0.05) is 16.4 Å². The number of aliphatic hydroxyl groups excluding tert-OH is 1. The molecular weight excluding hydrogens is 311 g/mol. The number of epoxide rings is 1. The van der Waals surface area contributed by atoms with Crippen molar-refractivity contribution in [1.29, 1.82) is 0 Å². The maximum atomic E-state index is 10.6. The Labute approximate surface area is 134 Å². The number of aliphatic hydroxyl groups is 2. The Bertz CT molecular complexity index is 904. The quantitative estimate of drug-likeness (QED) is 0.625. The molecule has 3 aliphatic rings. The van der Waals surface area contributed by atoms with Crippen LogP contribution in [0.15, 0.2) is 66.5 Å². The molecule has 1 saturated heterocycles. The number of allylic oxidation sites excluding steroid dienone is 1. The van der Waals surface area contributed by atoms with Crippen LogP contribution in [-0.2, 0) is 10.3 Å². The van der Waals surface area contributed by atoms with Crippen molar-refractivity contribution in [2.24, 2.45) is 0 Å². The first-order chi connectivity index (χ1) is 11.1. The minimum Gasteiger partial charge on any atom is -0.508 e. The SMILES string of the molecule is OC1=CC2(c3cccc4c3POc3ccccc3-4)OC2(O)C=C1. The van der Waals surface area contributed by atoms with E-state index >= 15 is 0 Å². The zero-order valence-electron chi connectivity index (χ0n) is 12.0. The second-order valence-electron chi connectivity index (χ2n) is 5.87. The van der Waals surface area contributed by atoms with E-state index in [-0.39, 0.29) is 14.6 Å². The highest BCUT2D eigenvalue weighted by atomic mass is 31.1. The third-order valence-electron chi connectivity index (χ3n) is 4.54. The molecule has 0 radical (unpaired) electrons. The zero-order chi connectivity index (χ0) is 15.7. The lowest BCUT2D eigenvalue weighted by atomic mass is 9.87. The van der Waals surface area contributed by atoms with Crippen molar-refractivity contribution in [3.63, 3.8) is 0 Å². The molecule has 0 saturated carbocycles. The minimum absolute atomic E-state index is 0.0882. The molecule has 23 heavy (non-hydrogen) atoms. The fourth-order valence-corrected chi connectivity index (χ4v) is 4.47. The summed E-state index contributed by atoms with van der Waals surface area (Å²) in [6.07, 6.45) is 4.50. The van der Waals surface area contributed by atoms with Gasteiger partial charge in [0.1, 0.15) is 20.3 Å². The number of para-hydroxylation sites is 1. The number of rotatable bonds is 1. The third-order valence-corrected chi connectivity index (χ3v) is 5.61. The van der Waals surface area contributed by atoms with Crippen LogP contribution in [-0.4, -0.2) is 16.0 Å². The van der Waals surface area contributed by atoms with Crippen molar-refractivity contribution < 1.29 is 19.5 Å². The van der Waals surface area contributed by atoms with Crippen LogP contribution >= 0.6 is 8.81 Å². The highest BCUT2D eigenvalue weighted by molar-refractivity contribution is 7.43. The van der Waals surface area contributed by atoms with Gasteiger partial charge in [-0.3, -0.25) is 0 Å². The maximum absolute atomic E-state index is 10.6. The van der Waals surface area contributed by atoms with E-state index in [1.54, 1.807) is 6.08 Å². The van der Waals surface area contributed by atoms with Crippen LogP contribution in [0.25, 0.3) is 11.1 Å². The maximum Gasteiger partial charge on any atom is 0.225 e. The van der Waals surface area contributed by atoms with E-state index in [9.17, 15) is 10.2 Å². The molecule has 0 aromatic heterocycles. The van der Waals surface area contributed by atoms with Gasteiger partial charge in [0.25, 0.3) is 0 Å². The van der Waals surface area contributed by atoms with Crippen molar-refractivity contribution in [1.82, 2.24) is 0 Å². The molecule has 1 aliphatic carbocycles. The molecule has 4 nitrogen and oxygen atoms in total. The van der Waals surface area contributed by atoms with Gasteiger partial charge in [-0.05, 0) is 29.9 Å². The van der Waals surface area contributed by atoms with Crippen LogP contribution in [0.2, 0.25) is 0 Å². The normalized spacial score (nSPS) is 30.7. The summed E-state index contributed by atoms with van der Waals surface area (Å²) >= 11 is 0. The molecule has 0 bridgehead atoms. The fourth-order valence-electron chi connectivity index (χ4n) is 3.37. The molecule has 2 N–H and O–H groups in total. The van der Waals surface area contributed by atoms with Gasteiger partial charge in [-0.25, -0.2) is 0 Å². The Balaban J connectivity index is 1.73. The predicted molar refractivity (Wildman–Crippen MR) is 88.0 cm³/mol. The lowest BCUT2D eigenvalue weighted by molar-refractivity contribution is 0.0822. The molecule has 3 unspecified atom stereocenters. The number of benzene rings is 2. The summed E-state index contributed by atoms with van der Waals surface area (Å²) in [5.41, 5.74) is 1.92. The van der Waals surface area contributed by atoms with Gasteiger partial charge in [0.05, 0.1) is 0 Å². The fraction of sp³-hybridized carbons (Fsp3) is 0.111. The smallest absolute Gasteiger partial charge is 0.225 e. The number of hydrogen-bond donors (Lipinski definition) is 2. The minimum atomic E-state index is -1.39. The summed E-state index contributed by atoms with van der Waals surface area (Å²) in [4.78, 5) is 0. The van der Waals surface area contributed by atoms with Gasteiger partial charge in [-0.1, -0.05) is 36.4 Å². The van der Waals surface area contributed by atoms with Crippen LogP contribution in [0.4, 0.5) is 0 Å². The average molecular weight is 324 g/mol. The second kappa shape index (κ2) is 4.24.